The third-order valence-electron chi connectivity index (χ3n) is 5.48. The Kier molecular flexibility index (Phi) is 5.57. The van der Waals surface area contributed by atoms with Crippen molar-refractivity contribution in [3.05, 3.63) is 46.6 Å². The molecule has 1 atom stereocenters. The molecule has 1 saturated heterocycles. The molecule has 2 aromatic rings. The molecule has 1 amide bonds. The van der Waals surface area contributed by atoms with Gasteiger partial charge in [0, 0.05) is 42.3 Å². The van der Waals surface area contributed by atoms with Crippen molar-refractivity contribution in [3.63, 3.8) is 0 Å². The minimum absolute atomic E-state index is 0.135. The zero-order valence-corrected chi connectivity index (χ0v) is 18.1. The number of aromatic nitrogens is 3. The Labute approximate surface area is 176 Å². The van der Waals surface area contributed by atoms with E-state index in [9.17, 15) is 9.00 Å². The van der Waals surface area contributed by atoms with Gasteiger partial charge in [-0.3, -0.25) is 4.79 Å². The van der Waals surface area contributed by atoms with E-state index in [2.05, 4.69) is 30.3 Å². The Morgan fingerprint density at radius 1 is 1.17 bits per heavy atom. The summed E-state index contributed by atoms with van der Waals surface area (Å²) in [6.45, 7) is 3.29. The van der Waals surface area contributed by atoms with Crippen LogP contribution in [0.25, 0.3) is 0 Å². The van der Waals surface area contributed by atoms with Crippen LogP contribution in [0.4, 0.5) is 5.82 Å². The van der Waals surface area contributed by atoms with E-state index in [0.29, 0.717) is 18.8 Å². The van der Waals surface area contributed by atoms with E-state index in [-0.39, 0.29) is 16.1 Å². The minimum Gasteiger partial charge on any atom is -0.356 e. The van der Waals surface area contributed by atoms with Crippen molar-refractivity contribution >= 4 is 33.1 Å². The van der Waals surface area contributed by atoms with Gasteiger partial charge in [-0.05, 0) is 50.3 Å². The van der Waals surface area contributed by atoms with Crippen LogP contribution in [0.15, 0.2) is 28.9 Å². The third kappa shape index (κ3) is 4.75. The molecule has 1 unspecified atom stereocenters. The normalized spacial score (nSPS) is 19.6. The highest BCUT2D eigenvalue weighted by atomic mass is 35.5. The highest BCUT2D eigenvalue weighted by Crippen LogP contribution is 2.39. The van der Waals surface area contributed by atoms with Gasteiger partial charge in [0.1, 0.15) is 23.0 Å². The van der Waals surface area contributed by atoms with Crippen LogP contribution in [0.1, 0.15) is 53.3 Å². The number of hydrogen-bond donors (Lipinski definition) is 0. The van der Waals surface area contributed by atoms with Crippen LogP contribution in [0, 0.1) is 6.92 Å². The Morgan fingerprint density at radius 3 is 2.55 bits per heavy atom. The summed E-state index contributed by atoms with van der Waals surface area (Å²) in [5.41, 5.74) is 2.06. The molecule has 3 heterocycles. The number of hydrogen-bond acceptors (Lipinski definition) is 6. The zero-order chi connectivity index (χ0) is 20.6. The summed E-state index contributed by atoms with van der Waals surface area (Å²) in [5, 5.41) is 0.0857. The lowest BCUT2D eigenvalue weighted by molar-refractivity contribution is 0.1000. The molecule has 2 aromatic heterocycles. The number of anilines is 1. The van der Waals surface area contributed by atoms with Gasteiger partial charge in [0.15, 0.2) is 0 Å². The van der Waals surface area contributed by atoms with Crippen molar-refractivity contribution < 1.29 is 9.00 Å². The molecule has 29 heavy (non-hydrogen) atoms. The molecule has 0 radical (unpaired) electrons. The Morgan fingerprint density at radius 2 is 1.90 bits per heavy atom. The number of carbonyl (C=O) groups is 1. The third-order valence-corrected chi connectivity index (χ3v) is 7.91. The van der Waals surface area contributed by atoms with Crippen molar-refractivity contribution in [1.29, 1.82) is 0 Å². The number of pyridine rings is 1. The Bertz CT molecular complexity index is 1030. The van der Waals surface area contributed by atoms with Gasteiger partial charge in [-0.15, -0.1) is 0 Å². The molecule has 1 saturated carbocycles. The summed E-state index contributed by atoms with van der Waals surface area (Å²) < 4.78 is 17.2. The first-order valence-corrected chi connectivity index (χ1v) is 12.1. The maximum absolute atomic E-state index is 13.2. The maximum atomic E-state index is 13.2. The number of carbonyl (C=O) groups excluding carboxylic acids is 1. The molecule has 0 spiro atoms. The van der Waals surface area contributed by atoms with Gasteiger partial charge in [-0.25, -0.2) is 19.2 Å². The van der Waals surface area contributed by atoms with Crippen molar-refractivity contribution in [3.8, 4) is 0 Å². The van der Waals surface area contributed by atoms with Gasteiger partial charge in [0.25, 0.3) is 0 Å². The summed E-state index contributed by atoms with van der Waals surface area (Å²) in [4.78, 5) is 27.5. The van der Waals surface area contributed by atoms with E-state index >= 15 is 0 Å². The van der Waals surface area contributed by atoms with E-state index < -0.39 is 15.6 Å². The molecular formula is C20H24ClN5O2S. The number of nitrogens with zero attached hydrogens (tertiary/aromatic N) is 5. The molecule has 9 heteroatoms. The molecule has 1 aliphatic heterocycles. The van der Waals surface area contributed by atoms with E-state index in [0.717, 1.165) is 30.2 Å². The van der Waals surface area contributed by atoms with E-state index in [1.807, 2.05) is 6.92 Å². The van der Waals surface area contributed by atoms with Gasteiger partial charge in [0.05, 0.1) is 9.73 Å². The van der Waals surface area contributed by atoms with E-state index in [1.54, 1.807) is 24.7 Å². The summed E-state index contributed by atoms with van der Waals surface area (Å²) in [6, 6.07) is 5.35. The standard InChI is InChI=1S/C20H24ClN5O2S/c1-13-9-17(24-18(21)10-13)20(27)25-29(2,28)15-5-7-26(8-6-15)19-11-16(14-3-4-14)22-12-23-19/h9-12,14-15H,3-8H2,1-2H3. The summed E-state index contributed by atoms with van der Waals surface area (Å²) in [6.07, 6.45) is 6.98. The van der Waals surface area contributed by atoms with Gasteiger partial charge in [-0.1, -0.05) is 11.6 Å². The molecule has 154 valence electrons. The van der Waals surface area contributed by atoms with Crippen LogP contribution in [0.2, 0.25) is 5.15 Å². The van der Waals surface area contributed by atoms with E-state index in [1.165, 1.54) is 12.8 Å². The molecule has 0 aromatic carbocycles. The minimum atomic E-state index is -2.69. The van der Waals surface area contributed by atoms with Crippen LogP contribution in [-0.2, 0) is 9.73 Å². The number of aryl methyl sites for hydroxylation is 1. The van der Waals surface area contributed by atoms with Crippen molar-refractivity contribution in [2.75, 3.05) is 24.2 Å². The van der Waals surface area contributed by atoms with Crippen LogP contribution in [0.5, 0.6) is 0 Å². The molecule has 2 aliphatic rings. The molecule has 1 aliphatic carbocycles. The largest absolute Gasteiger partial charge is 0.356 e. The average molecular weight is 434 g/mol. The van der Waals surface area contributed by atoms with Crippen LogP contribution >= 0.6 is 11.6 Å². The Hall–Kier alpha value is -2.06. The number of amides is 1. The summed E-state index contributed by atoms with van der Waals surface area (Å²) in [7, 11) is -2.69. The second kappa shape index (κ2) is 7.99. The van der Waals surface area contributed by atoms with Gasteiger partial charge in [0.2, 0.25) is 0 Å². The van der Waals surface area contributed by atoms with Gasteiger partial charge in [-0.2, -0.15) is 4.36 Å². The fourth-order valence-electron chi connectivity index (χ4n) is 3.68. The lowest BCUT2D eigenvalue weighted by Gasteiger charge is -2.33. The quantitative estimate of drug-likeness (QED) is 0.684. The Balaban J connectivity index is 1.45. The van der Waals surface area contributed by atoms with Gasteiger partial charge >= 0.3 is 5.91 Å². The van der Waals surface area contributed by atoms with Crippen molar-refractivity contribution in [1.82, 2.24) is 15.0 Å². The lowest BCUT2D eigenvalue weighted by atomic mass is 10.1. The topological polar surface area (TPSA) is 88.4 Å². The van der Waals surface area contributed by atoms with Crippen molar-refractivity contribution in [2.24, 2.45) is 4.36 Å². The van der Waals surface area contributed by atoms with Gasteiger partial charge < -0.3 is 4.90 Å². The SMILES string of the molecule is Cc1cc(Cl)nc(C(=O)N=S(C)(=O)C2CCN(c3cc(C4CC4)ncn3)CC2)c1. The van der Waals surface area contributed by atoms with Crippen molar-refractivity contribution in [2.45, 2.75) is 43.8 Å². The summed E-state index contributed by atoms with van der Waals surface area (Å²) in [5.74, 6) is 0.933. The second-order valence-corrected chi connectivity index (χ2v) is 10.8. The fraction of sp³-hybridized carbons (Fsp3) is 0.500. The molecule has 0 N–H and O–H groups in total. The average Bonchev–Trinajstić information content (AvgIpc) is 3.52. The number of piperidine rings is 1. The smallest absolute Gasteiger partial charge is 0.303 e. The first kappa shape index (κ1) is 20.2. The predicted octanol–water partition coefficient (Wildman–Crippen LogP) is 3.62. The van der Waals surface area contributed by atoms with Crippen LogP contribution < -0.4 is 4.90 Å². The van der Waals surface area contributed by atoms with Crippen LogP contribution in [-0.4, -0.2) is 49.7 Å². The maximum Gasteiger partial charge on any atom is 0.303 e. The number of rotatable bonds is 4. The predicted molar refractivity (Wildman–Crippen MR) is 114 cm³/mol. The first-order valence-electron chi connectivity index (χ1n) is 9.78. The molecule has 2 fully saturated rings. The molecular weight excluding hydrogens is 410 g/mol. The highest BCUT2D eigenvalue weighted by molar-refractivity contribution is 7.93. The first-order chi connectivity index (χ1) is 13.8. The lowest BCUT2D eigenvalue weighted by Crippen LogP contribution is -2.39. The molecule has 0 bridgehead atoms. The monoisotopic (exact) mass is 433 g/mol. The highest BCUT2D eigenvalue weighted by Gasteiger charge is 2.29. The molecule has 4 rings (SSSR count). The van der Waals surface area contributed by atoms with E-state index in [4.69, 9.17) is 11.6 Å². The fourth-order valence-corrected chi connectivity index (χ4v) is 5.60. The number of halogens is 1. The van der Waals surface area contributed by atoms with Crippen LogP contribution in [0.3, 0.4) is 0 Å². The zero-order valence-electron chi connectivity index (χ0n) is 16.5. The second-order valence-electron chi connectivity index (χ2n) is 7.87. The summed E-state index contributed by atoms with van der Waals surface area (Å²) >= 11 is 5.93. The molecule has 7 nitrogen and oxygen atoms in total.